The lowest BCUT2D eigenvalue weighted by Crippen LogP contribution is -2.01. The van der Waals surface area contributed by atoms with Gasteiger partial charge in [0.2, 0.25) is 0 Å². The van der Waals surface area contributed by atoms with Gasteiger partial charge in [-0.3, -0.25) is 10.1 Å². The molecule has 0 saturated carbocycles. The molecule has 0 aromatic heterocycles. The van der Waals surface area contributed by atoms with Crippen molar-refractivity contribution in [3.05, 3.63) is 58.1 Å². The Morgan fingerprint density at radius 1 is 1.13 bits per heavy atom. The minimum absolute atomic E-state index is 0.0666. The largest absolute Gasteiger partial charge is 0.496 e. The Kier molecular flexibility index (Phi) is 4.85. The van der Waals surface area contributed by atoms with Crippen molar-refractivity contribution in [2.75, 3.05) is 13.4 Å². The van der Waals surface area contributed by atoms with E-state index in [1.807, 2.05) is 0 Å². The van der Waals surface area contributed by atoms with E-state index in [2.05, 4.69) is 0 Å². The number of rotatable bonds is 6. The van der Waals surface area contributed by atoms with E-state index in [-0.39, 0.29) is 17.2 Å². The van der Waals surface area contributed by atoms with Gasteiger partial charge in [0.15, 0.2) is 9.84 Å². The van der Waals surface area contributed by atoms with Gasteiger partial charge in [0, 0.05) is 17.9 Å². The second-order valence-corrected chi connectivity index (χ2v) is 6.80. The molecule has 8 heteroatoms. The average molecular weight is 337 g/mol. The summed E-state index contributed by atoms with van der Waals surface area (Å²) in [4.78, 5) is 10.4. The minimum Gasteiger partial charge on any atom is -0.496 e. The molecule has 122 valence electrons. The smallest absolute Gasteiger partial charge is 0.273 e. The molecular weight excluding hydrogens is 322 g/mol. The summed E-state index contributed by atoms with van der Waals surface area (Å²) in [6, 6.07) is 10.3. The zero-order valence-corrected chi connectivity index (χ0v) is 13.4. The van der Waals surface area contributed by atoms with E-state index in [4.69, 9.17) is 9.47 Å². The fourth-order valence-corrected chi connectivity index (χ4v) is 2.54. The number of benzene rings is 2. The van der Waals surface area contributed by atoms with E-state index in [0.717, 1.165) is 6.26 Å². The number of hydrogen-bond acceptors (Lipinski definition) is 6. The molecule has 0 fully saturated rings. The molecule has 2 aromatic rings. The fourth-order valence-electron chi connectivity index (χ4n) is 1.91. The lowest BCUT2D eigenvalue weighted by molar-refractivity contribution is -0.384. The molecule has 7 nitrogen and oxygen atoms in total. The second-order valence-electron chi connectivity index (χ2n) is 4.79. The molecular formula is C15H15NO6S. The third-order valence-corrected chi connectivity index (χ3v) is 4.26. The Bertz CT molecular complexity index is 814. The molecule has 2 aromatic carbocycles. The van der Waals surface area contributed by atoms with Gasteiger partial charge >= 0.3 is 0 Å². The Morgan fingerprint density at radius 3 is 2.30 bits per heavy atom. The summed E-state index contributed by atoms with van der Waals surface area (Å²) in [6.45, 7) is 0.138. The zero-order chi connectivity index (χ0) is 17.0. The monoisotopic (exact) mass is 337 g/mol. The highest BCUT2D eigenvalue weighted by molar-refractivity contribution is 7.90. The van der Waals surface area contributed by atoms with Gasteiger partial charge in [-0.25, -0.2) is 8.42 Å². The van der Waals surface area contributed by atoms with E-state index in [1.54, 1.807) is 18.2 Å². The standard InChI is InChI=1S/C15H15NO6S/c1-21-15-9-12(16(17)18)4-3-11(15)10-22-13-5-7-14(8-6-13)23(2,19)20/h3-9H,10H2,1-2H3. The van der Waals surface area contributed by atoms with Crippen LogP contribution < -0.4 is 9.47 Å². The van der Waals surface area contributed by atoms with Crippen LogP contribution in [0.25, 0.3) is 0 Å². The SMILES string of the molecule is COc1cc([N+](=O)[O-])ccc1COc1ccc(S(C)(=O)=O)cc1. The van der Waals surface area contributed by atoms with Gasteiger partial charge in [-0.1, -0.05) is 0 Å². The topological polar surface area (TPSA) is 95.7 Å². The predicted octanol–water partition coefficient (Wildman–Crippen LogP) is 2.59. The van der Waals surface area contributed by atoms with Crippen LogP contribution in [0.2, 0.25) is 0 Å². The molecule has 23 heavy (non-hydrogen) atoms. The Hall–Kier alpha value is -2.61. The number of nitro groups is 1. The third kappa shape index (κ3) is 4.19. The Balaban J connectivity index is 2.13. The lowest BCUT2D eigenvalue weighted by atomic mass is 10.2. The van der Waals surface area contributed by atoms with Crippen molar-refractivity contribution in [3.63, 3.8) is 0 Å². The number of non-ortho nitro benzene ring substituents is 1. The zero-order valence-electron chi connectivity index (χ0n) is 12.6. The molecule has 0 N–H and O–H groups in total. The van der Waals surface area contributed by atoms with Crippen molar-refractivity contribution in [1.82, 2.24) is 0 Å². The summed E-state index contributed by atoms with van der Waals surface area (Å²) >= 11 is 0. The van der Waals surface area contributed by atoms with Crippen LogP contribution in [0, 0.1) is 10.1 Å². The van der Waals surface area contributed by atoms with Crippen LogP contribution in [0.1, 0.15) is 5.56 Å². The number of nitro benzene ring substituents is 1. The van der Waals surface area contributed by atoms with Crippen molar-refractivity contribution in [3.8, 4) is 11.5 Å². The summed E-state index contributed by atoms with van der Waals surface area (Å²) in [5, 5.41) is 10.7. The Labute approximate surface area is 133 Å². The van der Waals surface area contributed by atoms with E-state index in [9.17, 15) is 18.5 Å². The quantitative estimate of drug-likeness (QED) is 0.594. The number of hydrogen-bond donors (Lipinski definition) is 0. The number of sulfone groups is 1. The van der Waals surface area contributed by atoms with Crippen molar-refractivity contribution in [2.24, 2.45) is 0 Å². The molecule has 0 unspecified atom stereocenters. The first-order valence-electron chi connectivity index (χ1n) is 6.55. The lowest BCUT2D eigenvalue weighted by Gasteiger charge is -2.10. The van der Waals surface area contributed by atoms with Crippen molar-refractivity contribution in [1.29, 1.82) is 0 Å². The van der Waals surface area contributed by atoms with Crippen LogP contribution in [-0.4, -0.2) is 26.7 Å². The van der Waals surface area contributed by atoms with Crippen LogP contribution in [0.15, 0.2) is 47.4 Å². The average Bonchev–Trinajstić information content (AvgIpc) is 2.52. The number of methoxy groups -OCH3 is 1. The van der Waals surface area contributed by atoms with Gasteiger partial charge in [-0.15, -0.1) is 0 Å². The van der Waals surface area contributed by atoms with Gasteiger partial charge in [-0.05, 0) is 30.3 Å². The van der Waals surface area contributed by atoms with Crippen LogP contribution >= 0.6 is 0 Å². The first-order valence-corrected chi connectivity index (χ1v) is 8.44. The first-order chi connectivity index (χ1) is 10.8. The Morgan fingerprint density at radius 2 is 1.78 bits per heavy atom. The van der Waals surface area contributed by atoms with E-state index in [0.29, 0.717) is 17.1 Å². The van der Waals surface area contributed by atoms with E-state index < -0.39 is 14.8 Å². The predicted molar refractivity (Wildman–Crippen MR) is 83.5 cm³/mol. The summed E-state index contributed by atoms with van der Waals surface area (Å²) in [5.74, 6) is 0.838. The van der Waals surface area contributed by atoms with Crippen LogP contribution in [0.4, 0.5) is 5.69 Å². The van der Waals surface area contributed by atoms with Crippen LogP contribution in [-0.2, 0) is 16.4 Å². The number of nitrogens with zero attached hydrogens (tertiary/aromatic N) is 1. The summed E-state index contributed by atoms with van der Waals surface area (Å²) in [5.41, 5.74) is 0.577. The maximum atomic E-state index is 11.4. The third-order valence-electron chi connectivity index (χ3n) is 3.13. The molecule has 0 bridgehead atoms. The molecule has 0 aliphatic heterocycles. The van der Waals surface area contributed by atoms with Crippen molar-refractivity contribution >= 4 is 15.5 Å². The molecule has 0 heterocycles. The van der Waals surface area contributed by atoms with Gasteiger partial charge in [0.1, 0.15) is 18.1 Å². The van der Waals surface area contributed by atoms with Crippen LogP contribution in [0.3, 0.4) is 0 Å². The molecule has 0 radical (unpaired) electrons. The molecule has 2 rings (SSSR count). The van der Waals surface area contributed by atoms with Gasteiger partial charge in [-0.2, -0.15) is 0 Å². The molecule has 0 amide bonds. The highest BCUT2D eigenvalue weighted by Crippen LogP contribution is 2.26. The maximum Gasteiger partial charge on any atom is 0.273 e. The van der Waals surface area contributed by atoms with Gasteiger partial charge in [0.25, 0.3) is 5.69 Å². The van der Waals surface area contributed by atoms with Crippen molar-refractivity contribution < 1.29 is 22.8 Å². The van der Waals surface area contributed by atoms with Gasteiger partial charge in [0.05, 0.1) is 23.0 Å². The fraction of sp³-hybridized carbons (Fsp3) is 0.200. The first kappa shape index (κ1) is 16.8. The summed E-state index contributed by atoms with van der Waals surface area (Å²) in [7, 11) is -1.83. The normalized spacial score (nSPS) is 11.0. The molecule has 0 spiro atoms. The summed E-state index contributed by atoms with van der Waals surface area (Å²) in [6.07, 6.45) is 1.13. The van der Waals surface area contributed by atoms with Crippen molar-refractivity contribution in [2.45, 2.75) is 11.5 Å². The van der Waals surface area contributed by atoms with E-state index in [1.165, 1.54) is 31.4 Å². The maximum absolute atomic E-state index is 11.4. The highest BCUT2D eigenvalue weighted by Gasteiger charge is 2.12. The second kappa shape index (κ2) is 6.66. The molecule has 0 atom stereocenters. The van der Waals surface area contributed by atoms with Gasteiger partial charge < -0.3 is 9.47 Å². The molecule has 0 aliphatic carbocycles. The number of ether oxygens (including phenoxy) is 2. The highest BCUT2D eigenvalue weighted by atomic mass is 32.2. The van der Waals surface area contributed by atoms with E-state index >= 15 is 0 Å². The molecule has 0 saturated heterocycles. The molecule has 0 aliphatic rings. The minimum atomic E-state index is -3.25. The summed E-state index contributed by atoms with van der Waals surface area (Å²) < 4.78 is 33.4. The van der Waals surface area contributed by atoms with Crippen LogP contribution in [0.5, 0.6) is 11.5 Å².